The maximum atomic E-state index is 12.6. The van der Waals surface area contributed by atoms with E-state index < -0.39 is 6.10 Å². The second-order valence-electron chi connectivity index (χ2n) is 8.66. The predicted octanol–water partition coefficient (Wildman–Crippen LogP) is 5.54. The summed E-state index contributed by atoms with van der Waals surface area (Å²) >= 11 is 1.45. The number of furan rings is 1. The number of hydrogen-bond donors (Lipinski definition) is 0. The molecular formula is C24H32O5S. The summed E-state index contributed by atoms with van der Waals surface area (Å²) in [6, 6.07) is 0. The third-order valence-electron chi connectivity index (χ3n) is 7.17. The van der Waals surface area contributed by atoms with Gasteiger partial charge in [0.2, 0.25) is 0 Å². The highest BCUT2D eigenvalue weighted by Crippen LogP contribution is 2.60. The van der Waals surface area contributed by atoms with E-state index in [1.165, 1.54) is 17.8 Å². The maximum Gasteiger partial charge on any atom is 0.333 e. The van der Waals surface area contributed by atoms with E-state index in [1.807, 2.05) is 20.1 Å². The molecule has 0 bridgehead atoms. The van der Waals surface area contributed by atoms with Crippen molar-refractivity contribution in [3.05, 3.63) is 46.3 Å². The number of hydrogen-bond acceptors (Lipinski definition) is 6. The smallest absolute Gasteiger partial charge is 0.333 e. The zero-order valence-electron chi connectivity index (χ0n) is 18.7. The summed E-state index contributed by atoms with van der Waals surface area (Å²) in [5.74, 6) is 0.581. The molecule has 1 fully saturated rings. The Hall–Kier alpha value is -1.95. The van der Waals surface area contributed by atoms with E-state index in [9.17, 15) is 9.59 Å². The molecule has 2 aliphatic rings. The lowest BCUT2D eigenvalue weighted by Crippen LogP contribution is -2.53. The molecule has 3 rings (SSSR count). The summed E-state index contributed by atoms with van der Waals surface area (Å²) in [6.07, 6.45) is 8.73. The van der Waals surface area contributed by atoms with Crippen molar-refractivity contribution < 1.29 is 23.5 Å². The van der Waals surface area contributed by atoms with Gasteiger partial charge < -0.3 is 13.9 Å². The van der Waals surface area contributed by atoms with Crippen LogP contribution in [-0.2, 0) is 25.5 Å². The van der Waals surface area contributed by atoms with Crippen LogP contribution in [0.5, 0.6) is 0 Å². The third kappa shape index (κ3) is 3.98. The third-order valence-corrected chi connectivity index (χ3v) is 7.58. The standard InChI is InChI=1S/C24H32O5S/c1-7-14(2)23(26)28-18-9-8-17-12-19-21(15(3)13-27-19)22(24(17,5)16(18)4)29-20(25)10-11-30-6/h7,10-11,13,16-18,22H,8-9,12H2,1-6H3/t16-,17+,18-,22+,24+/m0/s1. The van der Waals surface area contributed by atoms with Gasteiger partial charge in [0.05, 0.1) is 6.26 Å². The molecule has 0 amide bonds. The fraction of sp³-hybridized carbons (Fsp3) is 0.583. The van der Waals surface area contributed by atoms with E-state index in [0.29, 0.717) is 5.57 Å². The number of rotatable bonds is 5. The van der Waals surface area contributed by atoms with Crippen LogP contribution < -0.4 is 0 Å². The van der Waals surface area contributed by atoms with E-state index in [1.54, 1.807) is 24.7 Å². The van der Waals surface area contributed by atoms with Crippen LogP contribution in [0.25, 0.3) is 0 Å². The highest BCUT2D eigenvalue weighted by atomic mass is 32.2. The van der Waals surface area contributed by atoms with E-state index in [4.69, 9.17) is 13.9 Å². The first kappa shape index (κ1) is 22.7. The van der Waals surface area contributed by atoms with E-state index in [-0.39, 0.29) is 35.3 Å². The molecule has 0 aromatic carbocycles. The van der Waals surface area contributed by atoms with Crippen molar-refractivity contribution in [1.82, 2.24) is 0 Å². The van der Waals surface area contributed by atoms with Crippen molar-refractivity contribution in [2.24, 2.45) is 17.3 Å². The van der Waals surface area contributed by atoms with Crippen LogP contribution in [0.1, 0.15) is 63.5 Å². The summed E-state index contributed by atoms with van der Waals surface area (Å²) in [4.78, 5) is 25.0. The molecule has 0 saturated heterocycles. The fourth-order valence-corrected chi connectivity index (χ4v) is 5.25. The number of aryl methyl sites for hydroxylation is 1. The van der Waals surface area contributed by atoms with Crippen molar-refractivity contribution in [2.75, 3.05) is 6.26 Å². The lowest BCUT2D eigenvalue weighted by atomic mass is 9.53. The predicted molar refractivity (Wildman–Crippen MR) is 118 cm³/mol. The molecule has 5 atom stereocenters. The van der Waals surface area contributed by atoms with Crippen molar-refractivity contribution in [3.8, 4) is 0 Å². The molecular weight excluding hydrogens is 400 g/mol. The van der Waals surface area contributed by atoms with Gasteiger partial charge in [-0.25, -0.2) is 9.59 Å². The minimum atomic E-state index is -0.441. The zero-order valence-corrected chi connectivity index (χ0v) is 19.5. The Bertz CT molecular complexity index is 867. The first-order valence-corrected chi connectivity index (χ1v) is 11.8. The molecule has 1 aromatic rings. The Balaban J connectivity index is 1.97. The largest absolute Gasteiger partial charge is 0.469 e. The van der Waals surface area contributed by atoms with Gasteiger partial charge in [-0.3, -0.25) is 0 Å². The van der Waals surface area contributed by atoms with Crippen LogP contribution in [0, 0.1) is 24.2 Å². The second kappa shape index (κ2) is 9.04. The minimum absolute atomic E-state index is 0.0228. The average molecular weight is 433 g/mol. The van der Waals surface area contributed by atoms with Gasteiger partial charge in [0.15, 0.2) is 0 Å². The summed E-state index contributed by atoms with van der Waals surface area (Å²) in [7, 11) is 0. The number of fused-ring (bicyclic) bond motifs is 2. The van der Waals surface area contributed by atoms with Gasteiger partial charge in [-0.2, -0.15) is 0 Å². The SMILES string of the molecule is CC=C(C)C(=O)O[C@H]1CC[C@@H]2Cc3occ(C)c3[C@@H](OC(=O)C=CSC)[C@]2(C)[C@H]1C. The van der Waals surface area contributed by atoms with Crippen LogP contribution >= 0.6 is 11.8 Å². The Morgan fingerprint density at radius 2 is 2.03 bits per heavy atom. The van der Waals surface area contributed by atoms with Gasteiger partial charge in [-0.05, 0) is 56.8 Å². The minimum Gasteiger partial charge on any atom is -0.469 e. The second-order valence-corrected chi connectivity index (χ2v) is 9.40. The molecule has 0 radical (unpaired) electrons. The lowest BCUT2D eigenvalue weighted by Gasteiger charge is -2.54. The highest BCUT2D eigenvalue weighted by molar-refractivity contribution is 8.01. The van der Waals surface area contributed by atoms with Gasteiger partial charge in [0.25, 0.3) is 0 Å². The molecule has 0 unspecified atom stereocenters. The van der Waals surface area contributed by atoms with Crippen molar-refractivity contribution in [3.63, 3.8) is 0 Å². The normalized spacial score (nSPS) is 31.2. The Labute approximate surface area is 183 Å². The molecule has 1 heterocycles. The molecule has 1 aromatic heterocycles. The van der Waals surface area contributed by atoms with Crippen LogP contribution in [-0.4, -0.2) is 24.3 Å². The number of esters is 2. The number of carbonyl (C=O) groups is 2. The van der Waals surface area contributed by atoms with Crippen molar-refractivity contribution >= 4 is 23.7 Å². The fourth-order valence-electron chi connectivity index (χ4n) is 5.00. The van der Waals surface area contributed by atoms with Crippen LogP contribution in [0.2, 0.25) is 0 Å². The quantitative estimate of drug-likeness (QED) is 0.450. The van der Waals surface area contributed by atoms with E-state index in [2.05, 4.69) is 13.8 Å². The lowest BCUT2D eigenvalue weighted by molar-refractivity contribution is -0.183. The summed E-state index contributed by atoms with van der Waals surface area (Å²) < 4.78 is 17.8. The Kier molecular flexibility index (Phi) is 6.85. The van der Waals surface area contributed by atoms with Gasteiger partial charge in [-0.15, -0.1) is 11.8 Å². The summed E-state index contributed by atoms with van der Waals surface area (Å²) in [5, 5.41) is 1.73. The van der Waals surface area contributed by atoms with Crippen LogP contribution in [0.15, 0.2) is 33.8 Å². The van der Waals surface area contributed by atoms with Gasteiger partial charge in [0.1, 0.15) is 18.0 Å². The molecule has 30 heavy (non-hydrogen) atoms. The Morgan fingerprint density at radius 3 is 2.70 bits per heavy atom. The van der Waals surface area contributed by atoms with E-state index >= 15 is 0 Å². The molecule has 5 nitrogen and oxygen atoms in total. The Morgan fingerprint density at radius 1 is 1.30 bits per heavy atom. The molecule has 0 N–H and O–H groups in total. The van der Waals surface area contributed by atoms with Crippen LogP contribution in [0.4, 0.5) is 0 Å². The number of ether oxygens (including phenoxy) is 2. The highest BCUT2D eigenvalue weighted by Gasteiger charge is 2.57. The molecule has 2 aliphatic carbocycles. The molecule has 1 saturated carbocycles. The first-order valence-electron chi connectivity index (χ1n) is 10.5. The number of carbonyl (C=O) groups excluding carboxylic acids is 2. The molecule has 6 heteroatoms. The van der Waals surface area contributed by atoms with Crippen molar-refractivity contribution in [1.29, 1.82) is 0 Å². The molecule has 0 spiro atoms. The molecule has 0 aliphatic heterocycles. The van der Waals surface area contributed by atoms with Crippen molar-refractivity contribution in [2.45, 2.75) is 66.1 Å². The van der Waals surface area contributed by atoms with Gasteiger partial charge in [0, 0.05) is 35.0 Å². The number of allylic oxidation sites excluding steroid dienone is 1. The van der Waals surface area contributed by atoms with E-state index in [0.717, 1.165) is 36.1 Å². The zero-order chi connectivity index (χ0) is 22.1. The van der Waals surface area contributed by atoms with Gasteiger partial charge in [-0.1, -0.05) is 19.9 Å². The first-order chi connectivity index (χ1) is 14.2. The van der Waals surface area contributed by atoms with Gasteiger partial charge >= 0.3 is 11.9 Å². The summed E-state index contributed by atoms with van der Waals surface area (Å²) in [5.41, 5.74) is 2.21. The number of thioether (sulfide) groups is 1. The summed E-state index contributed by atoms with van der Waals surface area (Å²) in [6.45, 7) is 9.89. The van der Waals surface area contributed by atoms with Crippen LogP contribution in [0.3, 0.4) is 0 Å². The monoisotopic (exact) mass is 432 g/mol. The average Bonchev–Trinajstić information content (AvgIpc) is 3.09. The molecule has 164 valence electrons. The topological polar surface area (TPSA) is 65.7 Å². The maximum absolute atomic E-state index is 12.6.